The van der Waals surface area contributed by atoms with E-state index in [0.717, 1.165) is 11.1 Å². The molecule has 0 bridgehead atoms. The summed E-state index contributed by atoms with van der Waals surface area (Å²) in [6.45, 7) is 6.49. The largest absolute Gasteiger partial charge is 0.443 e. The molecule has 0 aliphatic carbocycles. The van der Waals surface area contributed by atoms with E-state index in [4.69, 9.17) is 4.42 Å². The number of oxazole rings is 1. The lowest BCUT2D eigenvalue weighted by Crippen LogP contribution is -1.91. The van der Waals surface area contributed by atoms with Crippen molar-refractivity contribution in [2.75, 3.05) is 0 Å². The van der Waals surface area contributed by atoms with Crippen molar-refractivity contribution in [1.29, 1.82) is 0 Å². The summed E-state index contributed by atoms with van der Waals surface area (Å²) in [5.74, 6) is 0.543. The zero-order valence-electron chi connectivity index (χ0n) is 8.16. The highest BCUT2D eigenvalue weighted by molar-refractivity contribution is 5.74. The Morgan fingerprint density at radius 3 is 2.77 bits per heavy atom. The van der Waals surface area contributed by atoms with Crippen molar-refractivity contribution in [1.82, 2.24) is 4.98 Å². The lowest BCUT2D eigenvalue weighted by atomic mass is 9.98. The van der Waals surface area contributed by atoms with E-state index in [0.29, 0.717) is 5.92 Å². The summed E-state index contributed by atoms with van der Waals surface area (Å²) in [4.78, 5) is 4.14. The summed E-state index contributed by atoms with van der Waals surface area (Å²) >= 11 is 0. The molecule has 0 amide bonds. The second-order valence-corrected chi connectivity index (χ2v) is 3.68. The Hall–Kier alpha value is -1.31. The fraction of sp³-hybridized carbons (Fsp3) is 0.364. The van der Waals surface area contributed by atoms with Crippen molar-refractivity contribution in [2.45, 2.75) is 26.7 Å². The molecular weight excluding hydrogens is 162 g/mol. The van der Waals surface area contributed by atoms with E-state index in [9.17, 15) is 0 Å². The normalized spacial score (nSPS) is 11.4. The van der Waals surface area contributed by atoms with Crippen LogP contribution in [0.15, 0.2) is 22.9 Å². The minimum Gasteiger partial charge on any atom is -0.443 e. The van der Waals surface area contributed by atoms with Crippen LogP contribution in [0.25, 0.3) is 11.1 Å². The number of rotatable bonds is 1. The smallest absolute Gasteiger partial charge is 0.181 e. The van der Waals surface area contributed by atoms with E-state index in [1.165, 1.54) is 17.5 Å². The minimum absolute atomic E-state index is 0.543. The van der Waals surface area contributed by atoms with E-state index >= 15 is 0 Å². The third-order valence-corrected chi connectivity index (χ3v) is 2.34. The van der Waals surface area contributed by atoms with E-state index < -0.39 is 0 Å². The van der Waals surface area contributed by atoms with Crippen LogP contribution in [0.1, 0.15) is 30.9 Å². The van der Waals surface area contributed by atoms with E-state index in [1.807, 2.05) is 0 Å². The van der Waals surface area contributed by atoms with Gasteiger partial charge in [-0.15, -0.1) is 0 Å². The topological polar surface area (TPSA) is 26.0 Å². The molecule has 2 nitrogen and oxygen atoms in total. The second-order valence-electron chi connectivity index (χ2n) is 3.68. The first-order valence-electron chi connectivity index (χ1n) is 4.52. The van der Waals surface area contributed by atoms with Crippen LogP contribution < -0.4 is 0 Å². The number of aryl methyl sites for hydroxylation is 1. The van der Waals surface area contributed by atoms with Gasteiger partial charge in [-0.05, 0) is 36.1 Å². The van der Waals surface area contributed by atoms with Gasteiger partial charge in [0.1, 0.15) is 5.52 Å². The van der Waals surface area contributed by atoms with Gasteiger partial charge in [-0.3, -0.25) is 0 Å². The van der Waals surface area contributed by atoms with Crippen LogP contribution in [-0.4, -0.2) is 4.98 Å². The molecule has 0 fully saturated rings. The average molecular weight is 175 g/mol. The molecule has 0 radical (unpaired) electrons. The standard InChI is InChI=1S/C11H13NO/c1-7(2)9-5-10-11(4-8(9)3)13-6-12-10/h4-7H,1-3H3. The van der Waals surface area contributed by atoms with Crippen LogP contribution in [0.5, 0.6) is 0 Å². The molecule has 13 heavy (non-hydrogen) atoms. The maximum absolute atomic E-state index is 5.22. The minimum atomic E-state index is 0.543. The van der Waals surface area contributed by atoms with Gasteiger partial charge in [0.2, 0.25) is 0 Å². The quantitative estimate of drug-likeness (QED) is 0.664. The Bertz CT molecular complexity index is 429. The third-order valence-electron chi connectivity index (χ3n) is 2.34. The summed E-state index contributed by atoms with van der Waals surface area (Å²) in [5, 5.41) is 0. The molecule has 0 saturated carbocycles. The number of nitrogens with zero attached hydrogens (tertiary/aromatic N) is 1. The molecule has 0 saturated heterocycles. The fourth-order valence-electron chi connectivity index (χ4n) is 1.64. The Kier molecular flexibility index (Phi) is 1.83. The molecule has 0 unspecified atom stereocenters. The van der Waals surface area contributed by atoms with Crippen LogP contribution in [-0.2, 0) is 0 Å². The molecule has 2 aromatic rings. The molecular formula is C11H13NO. The molecule has 0 atom stereocenters. The van der Waals surface area contributed by atoms with Crippen molar-refractivity contribution >= 4 is 11.1 Å². The number of fused-ring (bicyclic) bond motifs is 1. The zero-order chi connectivity index (χ0) is 9.42. The highest BCUT2D eigenvalue weighted by atomic mass is 16.3. The summed E-state index contributed by atoms with van der Waals surface area (Å²) in [6, 6.07) is 4.16. The van der Waals surface area contributed by atoms with Crippen LogP contribution in [0.4, 0.5) is 0 Å². The summed E-state index contributed by atoms with van der Waals surface area (Å²) in [5.41, 5.74) is 4.46. The molecule has 2 rings (SSSR count). The first-order chi connectivity index (χ1) is 6.18. The molecule has 0 spiro atoms. The number of hydrogen-bond donors (Lipinski definition) is 0. The lowest BCUT2D eigenvalue weighted by Gasteiger charge is -2.08. The number of aromatic nitrogens is 1. The van der Waals surface area contributed by atoms with Gasteiger partial charge in [0.15, 0.2) is 12.0 Å². The van der Waals surface area contributed by atoms with Crippen molar-refractivity contribution in [3.63, 3.8) is 0 Å². The summed E-state index contributed by atoms with van der Waals surface area (Å²) in [6.07, 6.45) is 1.49. The van der Waals surface area contributed by atoms with Crippen molar-refractivity contribution in [3.05, 3.63) is 29.7 Å². The lowest BCUT2D eigenvalue weighted by molar-refractivity contribution is 0.602. The molecule has 1 heterocycles. The predicted molar refractivity (Wildman–Crippen MR) is 52.8 cm³/mol. The maximum Gasteiger partial charge on any atom is 0.181 e. The van der Waals surface area contributed by atoms with Crippen LogP contribution in [0.2, 0.25) is 0 Å². The van der Waals surface area contributed by atoms with Gasteiger partial charge in [-0.2, -0.15) is 0 Å². The van der Waals surface area contributed by atoms with Gasteiger partial charge < -0.3 is 4.42 Å². The molecule has 1 aromatic heterocycles. The van der Waals surface area contributed by atoms with Gasteiger partial charge in [0, 0.05) is 0 Å². The zero-order valence-corrected chi connectivity index (χ0v) is 8.16. The molecule has 0 aliphatic rings. The van der Waals surface area contributed by atoms with Crippen molar-refractivity contribution < 1.29 is 4.42 Å². The van der Waals surface area contributed by atoms with Crippen molar-refractivity contribution in [2.24, 2.45) is 0 Å². The van der Waals surface area contributed by atoms with Gasteiger partial charge in [0.05, 0.1) is 0 Å². The third kappa shape index (κ3) is 1.32. The molecule has 0 N–H and O–H groups in total. The van der Waals surface area contributed by atoms with Gasteiger partial charge >= 0.3 is 0 Å². The number of benzene rings is 1. The Morgan fingerprint density at radius 1 is 1.31 bits per heavy atom. The Labute approximate surface area is 77.6 Å². The maximum atomic E-state index is 5.22. The van der Waals surface area contributed by atoms with Crippen LogP contribution in [0, 0.1) is 6.92 Å². The monoisotopic (exact) mass is 175 g/mol. The van der Waals surface area contributed by atoms with Gasteiger partial charge in [0.25, 0.3) is 0 Å². The fourth-order valence-corrected chi connectivity index (χ4v) is 1.64. The second kappa shape index (κ2) is 2.87. The summed E-state index contributed by atoms with van der Waals surface area (Å²) in [7, 11) is 0. The predicted octanol–water partition coefficient (Wildman–Crippen LogP) is 3.26. The Morgan fingerprint density at radius 2 is 2.08 bits per heavy atom. The van der Waals surface area contributed by atoms with Crippen LogP contribution in [0.3, 0.4) is 0 Å². The highest BCUT2D eigenvalue weighted by Crippen LogP contribution is 2.24. The van der Waals surface area contributed by atoms with E-state index in [1.54, 1.807) is 0 Å². The average Bonchev–Trinajstić information content (AvgIpc) is 2.48. The van der Waals surface area contributed by atoms with Gasteiger partial charge in [-0.25, -0.2) is 4.98 Å². The first-order valence-corrected chi connectivity index (χ1v) is 4.52. The van der Waals surface area contributed by atoms with E-state index in [-0.39, 0.29) is 0 Å². The SMILES string of the molecule is Cc1cc2ocnc2cc1C(C)C. The van der Waals surface area contributed by atoms with E-state index in [2.05, 4.69) is 37.9 Å². The van der Waals surface area contributed by atoms with Gasteiger partial charge in [-0.1, -0.05) is 13.8 Å². The molecule has 68 valence electrons. The highest BCUT2D eigenvalue weighted by Gasteiger charge is 2.07. The molecule has 1 aromatic carbocycles. The Balaban J connectivity index is 2.69. The first kappa shape index (κ1) is 8.30. The number of hydrogen-bond acceptors (Lipinski definition) is 2. The molecule has 0 aliphatic heterocycles. The van der Waals surface area contributed by atoms with Crippen LogP contribution >= 0.6 is 0 Å². The molecule has 2 heteroatoms. The summed E-state index contributed by atoms with van der Waals surface area (Å²) < 4.78 is 5.22. The van der Waals surface area contributed by atoms with Crippen molar-refractivity contribution in [3.8, 4) is 0 Å².